The molecule has 1 aromatic heterocycles. The zero-order valence-electron chi connectivity index (χ0n) is 19.5. The molecule has 0 saturated heterocycles. The fraction of sp³-hybridized carbons (Fsp3) is 0.273. The van der Waals surface area contributed by atoms with Gasteiger partial charge in [0.05, 0.1) is 9.79 Å². The molecule has 1 heterocycles. The maximum absolute atomic E-state index is 12.7. The third-order valence-corrected chi connectivity index (χ3v) is 7.38. The first kappa shape index (κ1) is 25.6. The molecule has 0 aliphatic heterocycles. The molecular formula is C22H28N6O4S2. The van der Waals surface area contributed by atoms with Gasteiger partial charge in [0.25, 0.3) is 0 Å². The summed E-state index contributed by atoms with van der Waals surface area (Å²) in [5, 5.41) is 11.4. The number of benzene rings is 2. The van der Waals surface area contributed by atoms with Crippen molar-refractivity contribution in [3.63, 3.8) is 0 Å². The normalized spacial score (nSPS) is 12.4. The third kappa shape index (κ3) is 6.50. The Morgan fingerprint density at radius 3 is 2.21 bits per heavy atom. The summed E-state index contributed by atoms with van der Waals surface area (Å²) in [5.74, 6) is 0.671. The van der Waals surface area contributed by atoms with Crippen LogP contribution < -0.4 is 20.5 Å². The molecule has 0 amide bonds. The first-order valence-corrected chi connectivity index (χ1v) is 13.3. The van der Waals surface area contributed by atoms with Crippen LogP contribution in [0.4, 0.5) is 23.1 Å². The number of rotatable bonds is 7. The van der Waals surface area contributed by atoms with Crippen LogP contribution in [0.1, 0.15) is 31.9 Å². The second-order valence-electron chi connectivity index (χ2n) is 8.88. The lowest BCUT2D eigenvalue weighted by molar-refractivity contribution is 0.491. The molecule has 3 aromatic rings. The van der Waals surface area contributed by atoms with Crippen LogP contribution in [0.3, 0.4) is 0 Å². The van der Waals surface area contributed by atoms with Gasteiger partial charge >= 0.3 is 0 Å². The van der Waals surface area contributed by atoms with Crippen molar-refractivity contribution in [2.24, 2.45) is 5.14 Å². The van der Waals surface area contributed by atoms with Crippen LogP contribution in [0.15, 0.2) is 58.5 Å². The minimum absolute atomic E-state index is 0.00449. The van der Waals surface area contributed by atoms with Gasteiger partial charge in [0.15, 0.2) is 0 Å². The number of hydrogen-bond donors (Lipinski definition) is 4. The number of aryl methyl sites for hydroxylation is 2. The maximum atomic E-state index is 12.7. The molecule has 12 heteroatoms. The highest BCUT2D eigenvalue weighted by Crippen LogP contribution is 2.25. The van der Waals surface area contributed by atoms with Crippen molar-refractivity contribution in [3.8, 4) is 0 Å². The molecule has 0 radical (unpaired) electrons. The zero-order chi connectivity index (χ0) is 25.3. The van der Waals surface area contributed by atoms with Crippen LogP contribution >= 0.6 is 0 Å². The van der Waals surface area contributed by atoms with Gasteiger partial charge in [-0.3, -0.25) is 0 Å². The van der Waals surface area contributed by atoms with E-state index in [0.717, 1.165) is 5.56 Å². The standard InChI is InChI=1S/C22H28N6O4S2/c1-14-9-10-17(12-19(14)33(23,29)30)26-21-24-13-15(2)20(27-21)25-16-7-6-8-18(11-16)34(31,32)28-22(3,4)5/h6-13,28H,1-5H3,(H2,23,29,30)(H2,24,25,26,27). The summed E-state index contributed by atoms with van der Waals surface area (Å²) >= 11 is 0. The number of hydrogen-bond acceptors (Lipinski definition) is 8. The smallest absolute Gasteiger partial charge is 0.241 e. The summed E-state index contributed by atoms with van der Waals surface area (Å²) in [6, 6.07) is 11.1. The monoisotopic (exact) mass is 504 g/mol. The molecule has 0 spiro atoms. The molecule has 0 unspecified atom stereocenters. The van der Waals surface area contributed by atoms with E-state index < -0.39 is 25.6 Å². The summed E-state index contributed by atoms with van der Waals surface area (Å²) in [4.78, 5) is 8.81. The van der Waals surface area contributed by atoms with Crippen LogP contribution in [0, 0.1) is 13.8 Å². The highest BCUT2D eigenvalue weighted by atomic mass is 32.2. The van der Waals surface area contributed by atoms with Gasteiger partial charge in [-0.25, -0.2) is 31.7 Å². The minimum atomic E-state index is -3.88. The zero-order valence-corrected chi connectivity index (χ0v) is 21.2. The Bertz CT molecular complexity index is 1430. The minimum Gasteiger partial charge on any atom is -0.340 e. The van der Waals surface area contributed by atoms with Gasteiger partial charge in [-0.15, -0.1) is 0 Å². The van der Waals surface area contributed by atoms with Crippen LogP contribution in [-0.4, -0.2) is 32.3 Å². The van der Waals surface area contributed by atoms with Crippen molar-refractivity contribution >= 4 is 43.2 Å². The Hall–Kier alpha value is -3.06. The van der Waals surface area contributed by atoms with Crippen molar-refractivity contribution in [2.45, 2.75) is 49.9 Å². The summed E-state index contributed by atoms with van der Waals surface area (Å²) in [6.45, 7) is 8.76. The van der Waals surface area contributed by atoms with Crippen molar-refractivity contribution < 1.29 is 16.8 Å². The number of aromatic nitrogens is 2. The van der Waals surface area contributed by atoms with E-state index in [-0.39, 0.29) is 15.7 Å². The fourth-order valence-corrected chi connectivity index (χ4v) is 5.35. The largest absolute Gasteiger partial charge is 0.340 e. The van der Waals surface area contributed by atoms with E-state index in [9.17, 15) is 16.8 Å². The quantitative estimate of drug-likeness (QED) is 0.382. The predicted molar refractivity (Wildman–Crippen MR) is 132 cm³/mol. The average molecular weight is 505 g/mol. The van der Waals surface area contributed by atoms with Crippen molar-refractivity contribution in [1.29, 1.82) is 0 Å². The van der Waals surface area contributed by atoms with Gasteiger partial charge in [0.1, 0.15) is 5.82 Å². The first-order valence-electron chi connectivity index (χ1n) is 10.3. The second kappa shape index (κ2) is 9.29. The summed E-state index contributed by atoms with van der Waals surface area (Å²) in [6.07, 6.45) is 1.59. The first-order chi connectivity index (χ1) is 15.6. The highest BCUT2D eigenvalue weighted by Gasteiger charge is 2.22. The van der Waals surface area contributed by atoms with Gasteiger partial charge in [-0.1, -0.05) is 12.1 Å². The third-order valence-electron chi connectivity index (χ3n) is 4.57. The Labute approximate surface area is 200 Å². The number of anilines is 4. The number of nitrogens with two attached hydrogens (primary N) is 1. The summed E-state index contributed by atoms with van der Waals surface area (Å²) in [7, 11) is -7.58. The lowest BCUT2D eigenvalue weighted by Gasteiger charge is -2.20. The van der Waals surface area contributed by atoms with E-state index in [0.29, 0.717) is 22.8 Å². The lowest BCUT2D eigenvalue weighted by Crippen LogP contribution is -2.40. The molecular weight excluding hydrogens is 476 g/mol. The number of nitrogens with zero attached hydrogens (tertiary/aromatic N) is 2. The molecule has 0 bridgehead atoms. The Morgan fingerprint density at radius 2 is 1.56 bits per heavy atom. The SMILES string of the molecule is Cc1ccc(Nc2ncc(C)c(Nc3cccc(S(=O)(=O)NC(C)(C)C)c3)n2)cc1S(N)(=O)=O. The van der Waals surface area contributed by atoms with Gasteiger partial charge in [-0.05, 0) is 70.5 Å². The Morgan fingerprint density at radius 1 is 0.882 bits per heavy atom. The lowest BCUT2D eigenvalue weighted by atomic mass is 10.1. The number of primary sulfonamides is 1. The van der Waals surface area contributed by atoms with Crippen LogP contribution in [0.25, 0.3) is 0 Å². The molecule has 182 valence electrons. The molecule has 0 aliphatic carbocycles. The predicted octanol–water partition coefficient (Wildman–Crippen LogP) is 3.30. The molecule has 10 nitrogen and oxygen atoms in total. The molecule has 34 heavy (non-hydrogen) atoms. The van der Waals surface area contributed by atoms with Gasteiger partial charge in [-0.2, -0.15) is 4.98 Å². The van der Waals surface area contributed by atoms with Crippen molar-refractivity contribution in [2.75, 3.05) is 10.6 Å². The van der Waals surface area contributed by atoms with Gasteiger partial charge in [0.2, 0.25) is 26.0 Å². The molecule has 0 saturated carbocycles. The van der Waals surface area contributed by atoms with Crippen molar-refractivity contribution in [3.05, 3.63) is 59.8 Å². The van der Waals surface area contributed by atoms with E-state index >= 15 is 0 Å². The average Bonchev–Trinajstić information content (AvgIpc) is 2.69. The number of nitrogens with one attached hydrogen (secondary N) is 3. The highest BCUT2D eigenvalue weighted by molar-refractivity contribution is 7.89. The van der Waals surface area contributed by atoms with Crippen LogP contribution in [0.2, 0.25) is 0 Å². The van der Waals surface area contributed by atoms with Crippen LogP contribution in [-0.2, 0) is 20.0 Å². The van der Waals surface area contributed by atoms with Crippen LogP contribution in [0.5, 0.6) is 0 Å². The summed E-state index contributed by atoms with van der Waals surface area (Å²) in [5.41, 5.74) is 1.60. The van der Waals surface area contributed by atoms with E-state index in [2.05, 4.69) is 25.3 Å². The molecule has 0 atom stereocenters. The molecule has 0 aliphatic rings. The Balaban J connectivity index is 1.87. The summed E-state index contributed by atoms with van der Waals surface area (Å²) < 4.78 is 51.6. The molecule has 3 rings (SSSR count). The Kier molecular flexibility index (Phi) is 6.99. The fourth-order valence-electron chi connectivity index (χ4n) is 3.08. The van der Waals surface area contributed by atoms with Gasteiger partial charge in [0, 0.05) is 28.7 Å². The van der Waals surface area contributed by atoms with E-state index in [1.54, 1.807) is 65.1 Å². The van der Waals surface area contributed by atoms with Gasteiger partial charge < -0.3 is 10.6 Å². The molecule has 5 N–H and O–H groups in total. The number of sulfonamides is 2. The molecule has 0 fully saturated rings. The molecule has 2 aromatic carbocycles. The topological polar surface area (TPSA) is 156 Å². The van der Waals surface area contributed by atoms with Crippen molar-refractivity contribution in [1.82, 2.24) is 14.7 Å². The van der Waals surface area contributed by atoms with E-state index in [1.165, 1.54) is 18.2 Å². The van der Waals surface area contributed by atoms with E-state index in [4.69, 9.17) is 5.14 Å². The maximum Gasteiger partial charge on any atom is 0.241 e. The second-order valence-corrected chi connectivity index (χ2v) is 12.1. The van der Waals surface area contributed by atoms with E-state index in [1.807, 2.05) is 0 Å².